The fraction of sp³-hybridized carbons (Fsp3) is 0.562. The lowest BCUT2D eigenvalue weighted by molar-refractivity contribution is 0.0735. The number of aromatic amines is 1. The molecular formula is C16H22N4O2. The van der Waals surface area contributed by atoms with Gasteiger partial charge in [-0.2, -0.15) is 5.10 Å². The van der Waals surface area contributed by atoms with Gasteiger partial charge in [0.05, 0.1) is 23.5 Å². The van der Waals surface area contributed by atoms with E-state index in [0.29, 0.717) is 11.5 Å². The van der Waals surface area contributed by atoms with Gasteiger partial charge in [-0.05, 0) is 19.8 Å². The fourth-order valence-corrected chi connectivity index (χ4v) is 3.17. The van der Waals surface area contributed by atoms with Crippen molar-refractivity contribution in [3.63, 3.8) is 0 Å². The van der Waals surface area contributed by atoms with E-state index in [1.54, 1.807) is 24.2 Å². The molecule has 1 aliphatic rings. The molecular weight excluding hydrogens is 280 g/mol. The van der Waals surface area contributed by atoms with E-state index >= 15 is 0 Å². The van der Waals surface area contributed by atoms with Crippen LogP contribution in [0.5, 0.6) is 0 Å². The van der Waals surface area contributed by atoms with Gasteiger partial charge >= 0.3 is 0 Å². The number of rotatable bonds is 4. The van der Waals surface area contributed by atoms with E-state index in [4.69, 9.17) is 4.52 Å². The molecule has 22 heavy (non-hydrogen) atoms. The molecule has 6 heteroatoms. The summed E-state index contributed by atoms with van der Waals surface area (Å²) >= 11 is 0. The first-order chi connectivity index (χ1) is 10.7. The van der Waals surface area contributed by atoms with Crippen LogP contribution in [-0.2, 0) is 0 Å². The molecule has 2 aromatic heterocycles. The number of nitrogens with zero attached hydrogens (tertiary/aromatic N) is 3. The minimum absolute atomic E-state index is 0.0233. The van der Waals surface area contributed by atoms with Crippen LogP contribution in [0, 0.1) is 0 Å². The molecule has 0 aliphatic heterocycles. The van der Waals surface area contributed by atoms with Crippen LogP contribution >= 0.6 is 0 Å². The minimum Gasteiger partial charge on any atom is -0.364 e. The first-order valence-corrected chi connectivity index (χ1v) is 7.89. The second-order valence-electron chi connectivity index (χ2n) is 6.05. The van der Waals surface area contributed by atoms with Crippen molar-refractivity contribution in [1.82, 2.24) is 20.3 Å². The SMILES string of the molecule is CC(c1ccon1)N(C)C(=O)c1cn[nH]c1C1CCCCC1. The van der Waals surface area contributed by atoms with Gasteiger partial charge in [-0.25, -0.2) is 0 Å². The monoisotopic (exact) mass is 302 g/mol. The maximum atomic E-state index is 12.8. The molecule has 1 aliphatic carbocycles. The molecule has 0 radical (unpaired) electrons. The van der Waals surface area contributed by atoms with Crippen LogP contribution in [-0.4, -0.2) is 33.2 Å². The van der Waals surface area contributed by atoms with Gasteiger partial charge in [-0.3, -0.25) is 9.89 Å². The Kier molecular flexibility index (Phi) is 4.27. The van der Waals surface area contributed by atoms with E-state index < -0.39 is 0 Å². The van der Waals surface area contributed by atoms with Crippen molar-refractivity contribution in [2.24, 2.45) is 0 Å². The number of hydrogen-bond donors (Lipinski definition) is 1. The highest BCUT2D eigenvalue weighted by atomic mass is 16.5. The summed E-state index contributed by atoms with van der Waals surface area (Å²) < 4.78 is 4.87. The number of nitrogens with one attached hydrogen (secondary N) is 1. The third kappa shape index (κ3) is 2.77. The fourth-order valence-electron chi connectivity index (χ4n) is 3.17. The Bertz CT molecular complexity index is 614. The van der Waals surface area contributed by atoms with Crippen LogP contribution in [0.4, 0.5) is 0 Å². The van der Waals surface area contributed by atoms with Gasteiger partial charge in [-0.1, -0.05) is 24.4 Å². The summed E-state index contributed by atoms with van der Waals surface area (Å²) in [7, 11) is 1.79. The van der Waals surface area contributed by atoms with E-state index in [-0.39, 0.29) is 11.9 Å². The number of carbonyl (C=O) groups is 1. The topological polar surface area (TPSA) is 75.0 Å². The first-order valence-electron chi connectivity index (χ1n) is 7.89. The molecule has 118 valence electrons. The smallest absolute Gasteiger partial charge is 0.257 e. The zero-order chi connectivity index (χ0) is 15.5. The summed E-state index contributed by atoms with van der Waals surface area (Å²) in [5.41, 5.74) is 2.42. The lowest BCUT2D eigenvalue weighted by Gasteiger charge is -2.25. The summed E-state index contributed by atoms with van der Waals surface area (Å²) in [4.78, 5) is 14.5. The Labute approximate surface area is 129 Å². The highest BCUT2D eigenvalue weighted by Gasteiger charge is 2.27. The number of aromatic nitrogens is 3. The average Bonchev–Trinajstić information content (AvgIpc) is 3.24. The molecule has 1 amide bonds. The number of H-pyrrole nitrogens is 1. The average molecular weight is 302 g/mol. The van der Waals surface area contributed by atoms with Crippen molar-refractivity contribution < 1.29 is 9.32 Å². The zero-order valence-corrected chi connectivity index (χ0v) is 13.1. The number of amides is 1. The van der Waals surface area contributed by atoms with E-state index in [1.807, 2.05) is 6.92 Å². The lowest BCUT2D eigenvalue weighted by Crippen LogP contribution is -2.30. The van der Waals surface area contributed by atoms with Crippen molar-refractivity contribution in [3.05, 3.63) is 35.5 Å². The third-order valence-corrected chi connectivity index (χ3v) is 4.70. The first kappa shape index (κ1) is 14.8. The van der Waals surface area contributed by atoms with Gasteiger partial charge in [0.1, 0.15) is 12.0 Å². The van der Waals surface area contributed by atoms with E-state index in [2.05, 4.69) is 15.4 Å². The molecule has 6 nitrogen and oxygen atoms in total. The molecule has 1 saturated carbocycles. The Hall–Kier alpha value is -2.11. The summed E-state index contributed by atoms with van der Waals surface area (Å²) in [6.07, 6.45) is 9.17. The van der Waals surface area contributed by atoms with Gasteiger partial charge in [0.25, 0.3) is 5.91 Å². The molecule has 1 fully saturated rings. The predicted octanol–water partition coefficient (Wildman–Crippen LogP) is 3.28. The zero-order valence-electron chi connectivity index (χ0n) is 13.1. The summed E-state index contributed by atoms with van der Waals surface area (Å²) in [6, 6.07) is 1.65. The highest BCUT2D eigenvalue weighted by molar-refractivity contribution is 5.95. The van der Waals surface area contributed by atoms with Crippen molar-refractivity contribution in [2.45, 2.75) is 51.0 Å². The Morgan fingerprint density at radius 2 is 2.18 bits per heavy atom. The summed E-state index contributed by atoms with van der Waals surface area (Å²) in [6.45, 7) is 1.94. The maximum Gasteiger partial charge on any atom is 0.257 e. The maximum absolute atomic E-state index is 12.8. The molecule has 1 N–H and O–H groups in total. The van der Waals surface area contributed by atoms with E-state index in [9.17, 15) is 4.79 Å². The molecule has 2 aromatic rings. The summed E-state index contributed by atoms with van der Waals surface area (Å²) in [5.74, 6) is 0.399. The van der Waals surface area contributed by atoms with Crippen molar-refractivity contribution >= 4 is 5.91 Å². The molecule has 1 unspecified atom stereocenters. The van der Waals surface area contributed by atoms with Crippen LogP contribution in [0.2, 0.25) is 0 Å². The third-order valence-electron chi connectivity index (χ3n) is 4.70. The molecule has 0 bridgehead atoms. The van der Waals surface area contributed by atoms with Crippen LogP contribution in [0.3, 0.4) is 0 Å². The van der Waals surface area contributed by atoms with Gasteiger partial charge in [-0.15, -0.1) is 0 Å². The standard InChI is InChI=1S/C16H22N4O2/c1-11(14-8-9-22-19-14)20(2)16(21)13-10-17-18-15(13)12-6-4-3-5-7-12/h8-12H,3-7H2,1-2H3,(H,17,18). The van der Waals surface area contributed by atoms with Crippen molar-refractivity contribution in [3.8, 4) is 0 Å². The van der Waals surface area contributed by atoms with Crippen LogP contribution in [0.1, 0.15) is 72.7 Å². The molecule has 2 heterocycles. The Morgan fingerprint density at radius 3 is 2.86 bits per heavy atom. The van der Waals surface area contributed by atoms with E-state index in [0.717, 1.165) is 24.2 Å². The lowest BCUT2D eigenvalue weighted by atomic mass is 9.85. The van der Waals surface area contributed by atoms with Gasteiger partial charge < -0.3 is 9.42 Å². The minimum atomic E-state index is -0.139. The van der Waals surface area contributed by atoms with Crippen LogP contribution < -0.4 is 0 Å². The van der Waals surface area contributed by atoms with Crippen LogP contribution in [0.25, 0.3) is 0 Å². The van der Waals surface area contributed by atoms with Crippen molar-refractivity contribution in [2.75, 3.05) is 7.05 Å². The van der Waals surface area contributed by atoms with Gasteiger partial charge in [0, 0.05) is 19.0 Å². The second kappa shape index (κ2) is 6.34. The molecule has 3 rings (SSSR count). The summed E-state index contributed by atoms with van der Waals surface area (Å²) in [5, 5.41) is 11.1. The molecule has 0 aromatic carbocycles. The number of hydrogen-bond acceptors (Lipinski definition) is 4. The van der Waals surface area contributed by atoms with Gasteiger partial charge in [0.15, 0.2) is 0 Å². The quantitative estimate of drug-likeness (QED) is 0.940. The molecule has 1 atom stereocenters. The highest BCUT2D eigenvalue weighted by Crippen LogP contribution is 2.34. The Balaban J connectivity index is 1.79. The predicted molar refractivity (Wildman–Crippen MR) is 81.4 cm³/mol. The molecule has 0 saturated heterocycles. The number of carbonyl (C=O) groups excluding carboxylic acids is 1. The van der Waals surface area contributed by atoms with Crippen molar-refractivity contribution in [1.29, 1.82) is 0 Å². The van der Waals surface area contributed by atoms with Crippen LogP contribution in [0.15, 0.2) is 23.0 Å². The largest absolute Gasteiger partial charge is 0.364 e. The Morgan fingerprint density at radius 1 is 1.41 bits per heavy atom. The van der Waals surface area contributed by atoms with Gasteiger partial charge in [0.2, 0.25) is 0 Å². The normalized spacial score (nSPS) is 17.4. The van der Waals surface area contributed by atoms with E-state index in [1.165, 1.54) is 25.5 Å². The molecule has 0 spiro atoms. The second-order valence-corrected chi connectivity index (χ2v) is 6.05.